The highest BCUT2D eigenvalue weighted by molar-refractivity contribution is 5.74. The third-order valence-electron chi connectivity index (χ3n) is 1.97. The van der Waals surface area contributed by atoms with E-state index in [0.29, 0.717) is 6.20 Å². The van der Waals surface area contributed by atoms with E-state index in [-0.39, 0.29) is 0 Å². The maximum Gasteiger partial charge on any atom is 0.573 e. The summed E-state index contributed by atoms with van der Waals surface area (Å²) in [5.74, 6) is -3.50. The second-order valence-corrected chi connectivity index (χ2v) is 3.33. The molecule has 0 amide bonds. The Morgan fingerprint density at radius 2 is 2.05 bits per heavy atom. The van der Waals surface area contributed by atoms with Crippen molar-refractivity contribution in [2.24, 2.45) is 0 Å². The minimum atomic E-state index is -5.26. The van der Waals surface area contributed by atoms with E-state index in [9.17, 15) is 26.7 Å². The molecule has 0 aromatic carbocycles. The van der Waals surface area contributed by atoms with Gasteiger partial charge < -0.3 is 15.6 Å². The fourth-order valence-electron chi connectivity index (χ4n) is 1.28. The van der Waals surface area contributed by atoms with Gasteiger partial charge in [0.1, 0.15) is 11.6 Å². The molecule has 0 radical (unpaired) electrons. The van der Waals surface area contributed by atoms with Crippen molar-refractivity contribution in [1.29, 1.82) is 0 Å². The van der Waals surface area contributed by atoms with Crippen molar-refractivity contribution >= 4 is 11.8 Å². The van der Waals surface area contributed by atoms with Crippen molar-refractivity contribution in [3.8, 4) is 5.75 Å². The average molecular weight is 286 g/mol. The van der Waals surface area contributed by atoms with Crippen LogP contribution < -0.4 is 10.5 Å². The lowest BCUT2D eigenvalue weighted by atomic mass is 10.1. The first-order valence-corrected chi connectivity index (χ1v) is 4.64. The van der Waals surface area contributed by atoms with E-state index in [1.807, 2.05) is 0 Å². The summed E-state index contributed by atoms with van der Waals surface area (Å²) in [7, 11) is 0. The van der Waals surface area contributed by atoms with Gasteiger partial charge in [0.15, 0.2) is 0 Å². The van der Waals surface area contributed by atoms with Gasteiger partial charge in [-0.25, -0.2) is 13.8 Å². The van der Waals surface area contributed by atoms with Gasteiger partial charge in [0.25, 0.3) is 6.43 Å². The minimum absolute atomic E-state index is 0.409. The van der Waals surface area contributed by atoms with Gasteiger partial charge in [0.05, 0.1) is 12.0 Å². The van der Waals surface area contributed by atoms with Gasteiger partial charge in [-0.2, -0.15) is 0 Å². The van der Waals surface area contributed by atoms with Crippen molar-refractivity contribution in [2.45, 2.75) is 19.2 Å². The summed E-state index contributed by atoms with van der Waals surface area (Å²) in [5.41, 5.74) is 3.27. The van der Waals surface area contributed by atoms with Crippen LogP contribution in [0.15, 0.2) is 6.20 Å². The second kappa shape index (κ2) is 5.24. The number of nitrogen functional groups attached to an aromatic ring is 1. The highest BCUT2D eigenvalue weighted by Gasteiger charge is 2.35. The van der Waals surface area contributed by atoms with E-state index in [1.54, 1.807) is 0 Å². The van der Waals surface area contributed by atoms with E-state index in [2.05, 4.69) is 9.72 Å². The van der Waals surface area contributed by atoms with Gasteiger partial charge in [-0.3, -0.25) is 4.79 Å². The van der Waals surface area contributed by atoms with Crippen LogP contribution in [0.25, 0.3) is 0 Å². The standard InChI is InChI=1S/C9H7F5N2O3/c10-7(11)4-2-16-8(15)3(1-5(17)18)6(4)19-9(12,13)14/h2,7H,1H2,(H2,15,16)(H,17,18). The molecule has 1 aromatic heterocycles. The summed E-state index contributed by atoms with van der Waals surface area (Å²) in [4.78, 5) is 13.7. The number of halogens is 5. The molecule has 0 spiro atoms. The molecule has 0 bridgehead atoms. The predicted molar refractivity (Wildman–Crippen MR) is 51.6 cm³/mol. The molecular weight excluding hydrogens is 279 g/mol. The lowest BCUT2D eigenvalue weighted by molar-refractivity contribution is -0.275. The Hall–Kier alpha value is -2.13. The largest absolute Gasteiger partial charge is 0.573 e. The normalized spacial score (nSPS) is 11.7. The van der Waals surface area contributed by atoms with Crippen LogP contribution in [0.5, 0.6) is 5.75 Å². The van der Waals surface area contributed by atoms with Crippen molar-refractivity contribution in [3.05, 3.63) is 17.3 Å². The molecule has 0 aliphatic carbocycles. The lowest BCUT2D eigenvalue weighted by Gasteiger charge is -2.17. The van der Waals surface area contributed by atoms with Crippen LogP contribution >= 0.6 is 0 Å². The fraction of sp³-hybridized carbons (Fsp3) is 0.333. The number of nitrogens with zero attached hydrogens (tertiary/aromatic N) is 1. The maximum absolute atomic E-state index is 12.6. The lowest BCUT2D eigenvalue weighted by Crippen LogP contribution is -2.21. The Morgan fingerprint density at radius 1 is 1.47 bits per heavy atom. The molecule has 1 rings (SSSR count). The van der Waals surface area contributed by atoms with Crippen LogP contribution in [0.4, 0.5) is 27.8 Å². The van der Waals surface area contributed by atoms with Crippen LogP contribution in [0.1, 0.15) is 17.6 Å². The highest BCUT2D eigenvalue weighted by atomic mass is 19.4. The zero-order valence-corrected chi connectivity index (χ0v) is 9.04. The van der Waals surface area contributed by atoms with Gasteiger partial charge in [-0.15, -0.1) is 13.2 Å². The monoisotopic (exact) mass is 286 g/mol. The van der Waals surface area contributed by atoms with Gasteiger partial charge in [0.2, 0.25) is 0 Å². The van der Waals surface area contributed by atoms with Crippen LogP contribution in [0.3, 0.4) is 0 Å². The Bertz CT molecular complexity index is 489. The molecule has 0 saturated carbocycles. The fourth-order valence-corrected chi connectivity index (χ4v) is 1.28. The third kappa shape index (κ3) is 3.93. The molecule has 106 valence electrons. The molecule has 10 heteroatoms. The second-order valence-electron chi connectivity index (χ2n) is 3.33. The third-order valence-corrected chi connectivity index (χ3v) is 1.97. The Kier molecular flexibility index (Phi) is 4.12. The van der Waals surface area contributed by atoms with Crippen molar-refractivity contribution in [1.82, 2.24) is 4.98 Å². The number of alkyl halides is 5. The number of carbonyl (C=O) groups is 1. The number of aliphatic carboxylic acids is 1. The molecule has 3 N–H and O–H groups in total. The Morgan fingerprint density at radius 3 is 2.47 bits per heavy atom. The minimum Gasteiger partial charge on any atom is -0.481 e. The first-order chi connectivity index (χ1) is 8.61. The number of rotatable bonds is 4. The first-order valence-electron chi connectivity index (χ1n) is 4.64. The van der Waals surface area contributed by atoms with Crippen LogP contribution in [0, 0.1) is 0 Å². The van der Waals surface area contributed by atoms with Crippen LogP contribution in [-0.4, -0.2) is 22.4 Å². The van der Waals surface area contributed by atoms with Crippen molar-refractivity contribution < 1.29 is 36.6 Å². The zero-order chi connectivity index (χ0) is 14.8. The summed E-state index contributed by atoms with van der Waals surface area (Å²) in [5, 5.41) is 8.54. The summed E-state index contributed by atoms with van der Waals surface area (Å²) in [6.07, 6.45) is -9.19. The summed E-state index contributed by atoms with van der Waals surface area (Å²) in [6.45, 7) is 0. The number of hydrogen-bond donors (Lipinski definition) is 2. The summed E-state index contributed by atoms with van der Waals surface area (Å²) >= 11 is 0. The van der Waals surface area contributed by atoms with Crippen molar-refractivity contribution in [2.75, 3.05) is 5.73 Å². The molecule has 1 aromatic rings. The first kappa shape index (κ1) is 14.9. The van der Waals surface area contributed by atoms with E-state index in [4.69, 9.17) is 10.8 Å². The summed E-state index contributed by atoms with van der Waals surface area (Å²) < 4.78 is 65.1. The molecule has 0 saturated heterocycles. The molecule has 1 heterocycles. The molecule has 0 aliphatic rings. The van der Waals surface area contributed by atoms with Gasteiger partial charge in [-0.1, -0.05) is 0 Å². The highest BCUT2D eigenvalue weighted by Crippen LogP contribution is 2.37. The average Bonchev–Trinajstić information content (AvgIpc) is 2.20. The molecular formula is C9H7F5N2O3. The van der Waals surface area contributed by atoms with Gasteiger partial charge in [-0.05, 0) is 0 Å². The number of hydrogen-bond acceptors (Lipinski definition) is 4. The molecule has 0 atom stereocenters. The van der Waals surface area contributed by atoms with Crippen molar-refractivity contribution in [3.63, 3.8) is 0 Å². The van der Waals surface area contributed by atoms with Crippen LogP contribution in [-0.2, 0) is 11.2 Å². The van der Waals surface area contributed by atoms with Crippen LogP contribution in [0.2, 0.25) is 0 Å². The quantitative estimate of drug-likeness (QED) is 0.828. The number of nitrogens with two attached hydrogens (primary N) is 1. The smallest absolute Gasteiger partial charge is 0.481 e. The van der Waals surface area contributed by atoms with Gasteiger partial charge >= 0.3 is 12.3 Å². The topological polar surface area (TPSA) is 85.4 Å². The molecule has 0 unspecified atom stereocenters. The number of ether oxygens (including phenoxy) is 1. The molecule has 19 heavy (non-hydrogen) atoms. The molecule has 0 aliphatic heterocycles. The van der Waals surface area contributed by atoms with E-state index < -0.39 is 47.9 Å². The number of anilines is 1. The van der Waals surface area contributed by atoms with Gasteiger partial charge in [0, 0.05) is 11.8 Å². The molecule has 5 nitrogen and oxygen atoms in total. The Balaban J connectivity index is 3.40. The van der Waals surface area contributed by atoms with E-state index in [1.165, 1.54) is 0 Å². The number of carboxylic acids is 1. The summed E-state index contributed by atoms with van der Waals surface area (Å²) in [6, 6.07) is 0. The SMILES string of the molecule is Nc1ncc(C(F)F)c(OC(F)(F)F)c1CC(=O)O. The predicted octanol–water partition coefficient (Wildman–Crippen LogP) is 2.13. The van der Waals surface area contributed by atoms with E-state index in [0.717, 1.165) is 0 Å². The van der Waals surface area contributed by atoms with E-state index >= 15 is 0 Å². The zero-order valence-electron chi connectivity index (χ0n) is 9.04. The maximum atomic E-state index is 12.6. The number of pyridine rings is 1. The number of carboxylic acid groups (broad SMARTS) is 1. The molecule has 0 fully saturated rings. The Labute approximate surface area is 102 Å². The number of aromatic nitrogens is 1.